The number of hydrogen-bond acceptors (Lipinski definition) is 2. The average molecular weight is 275 g/mol. The van der Waals surface area contributed by atoms with Crippen LogP contribution in [0, 0.1) is 11.6 Å². The summed E-state index contributed by atoms with van der Waals surface area (Å²) in [6.45, 7) is 6.68. The molecule has 0 heterocycles. The monoisotopic (exact) mass is 275 g/mol. The van der Waals surface area contributed by atoms with Gasteiger partial charge in [0.2, 0.25) is 0 Å². The van der Waals surface area contributed by atoms with Gasteiger partial charge >= 0.3 is 0 Å². The van der Waals surface area contributed by atoms with Crippen molar-refractivity contribution in [3.05, 3.63) is 29.8 Å². The summed E-state index contributed by atoms with van der Waals surface area (Å²) < 4.78 is 38.1. The number of hydrogen-bond donors (Lipinski definition) is 1. The molecule has 1 N–H and O–H groups in total. The van der Waals surface area contributed by atoms with E-state index in [1.165, 1.54) is 6.07 Å². The molecule has 0 amide bonds. The van der Waals surface area contributed by atoms with Gasteiger partial charge in [0.1, 0.15) is 0 Å². The van der Waals surface area contributed by atoms with E-state index in [2.05, 4.69) is 12.2 Å². The molecule has 0 aromatic heterocycles. The molecule has 18 heavy (non-hydrogen) atoms. The second kappa shape index (κ2) is 6.95. The fourth-order valence-electron chi connectivity index (χ4n) is 1.54. The first-order valence-electron chi connectivity index (χ1n) is 6.06. The predicted molar refractivity (Wildman–Crippen MR) is 70.0 cm³/mol. The third-order valence-corrected chi connectivity index (χ3v) is 4.68. The van der Waals surface area contributed by atoms with Crippen molar-refractivity contribution in [2.24, 2.45) is 0 Å². The Labute approximate surface area is 109 Å². The summed E-state index contributed by atoms with van der Waals surface area (Å²) in [6.07, 6.45) is 0.995. The third kappa shape index (κ3) is 3.85. The molecule has 1 rings (SSSR count). The Morgan fingerprint density at radius 1 is 1.28 bits per heavy atom. The van der Waals surface area contributed by atoms with E-state index >= 15 is 0 Å². The minimum Gasteiger partial charge on any atom is -0.313 e. The second-order valence-corrected chi connectivity index (χ2v) is 6.13. The summed E-state index contributed by atoms with van der Waals surface area (Å²) in [5.74, 6) is -1.87. The van der Waals surface area contributed by atoms with Gasteiger partial charge in [0.15, 0.2) is 11.6 Å². The molecular weight excluding hydrogens is 256 g/mol. The zero-order valence-electron chi connectivity index (χ0n) is 10.9. The van der Waals surface area contributed by atoms with Gasteiger partial charge in [-0.2, -0.15) is 0 Å². The Balaban J connectivity index is 2.76. The molecule has 3 atom stereocenters. The first-order chi connectivity index (χ1) is 8.47. The van der Waals surface area contributed by atoms with Gasteiger partial charge in [0, 0.05) is 10.9 Å². The minimum atomic E-state index is -1.35. The molecule has 5 heteroatoms. The topological polar surface area (TPSA) is 29.1 Å². The van der Waals surface area contributed by atoms with Crippen LogP contribution in [0.1, 0.15) is 27.2 Å². The molecule has 1 aromatic carbocycles. The highest BCUT2D eigenvalue weighted by atomic mass is 32.2. The molecule has 0 bridgehead atoms. The van der Waals surface area contributed by atoms with E-state index < -0.39 is 22.4 Å². The first kappa shape index (κ1) is 15.2. The molecule has 0 aliphatic rings. The van der Waals surface area contributed by atoms with Crippen LogP contribution in [0.2, 0.25) is 0 Å². The van der Waals surface area contributed by atoms with Crippen LogP contribution in [0.15, 0.2) is 23.1 Å². The fraction of sp³-hybridized carbons (Fsp3) is 0.538. The van der Waals surface area contributed by atoms with Crippen LogP contribution >= 0.6 is 0 Å². The molecule has 102 valence electrons. The van der Waals surface area contributed by atoms with Gasteiger partial charge in [-0.25, -0.2) is 8.78 Å². The number of nitrogens with one attached hydrogen (secondary N) is 1. The highest BCUT2D eigenvalue weighted by Gasteiger charge is 2.20. The van der Waals surface area contributed by atoms with E-state index in [0.29, 0.717) is 4.90 Å². The first-order valence-corrected chi connectivity index (χ1v) is 7.27. The van der Waals surface area contributed by atoms with Gasteiger partial charge in [-0.3, -0.25) is 4.21 Å². The SMILES string of the molecule is CCCNC(C)C(C)S(=O)c1ccc(F)c(F)c1. The van der Waals surface area contributed by atoms with Crippen molar-refractivity contribution in [1.82, 2.24) is 5.32 Å². The number of benzene rings is 1. The standard InChI is InChI=1S/C13H19F2NOS/c1-4-7-16-9(2)10(3)18(17)11-5-6-12(14)13(15)8-11/h5-6,8-10,16H,4,7H2,1-3H3. The van der Waals surface area contributed by atoms with Crippen molar-refractivity contribution in [3.8, 4) is 0 Å². The lowest BCUT2D eigenvalue weighted by Crippen LogP contribution is -2.38. The number of halogens is 2. The van der Waals surface area contributed by atoms with Gasteiger partial charge in [-0.15, -0.1) is 0 Å². The van der Waals surface area contributed by atoms with Crippen LogP contribution in [-0.4, -0.2) is 22.0 Å². The van der Waals surface area contributed by atoms with E-state index in [1.54, 1.807) is 0 Å². The predicted octanol–water partition coefficient (Wildman–Crippen LogP) is 2.85. The zero-order chi connectivity index (χ0) is 13.7. The summed E-state index contributed by atoms with van der Waals surface area (Å²) in [4.78, 5) is 0.326. The van der Waals surface area contributed by atoms with Gasteiger partial charge in [-0.05, 0) is 45.0 Å². The molecule has 3 unspecified atom stereocenters. The summed E-state index contributed by atoms with van der Waals surface area (Å²) in [7, 11) is -1.35. The molecule has 0 saturated carbocycles. The van der Waals surface area contributed by atoms with Crippen LogP contribution < -0.4 is 5.32 Å². The average Bonchev–Trinajstić information content (AvgIpc) is 2.37. The minimum absolute atomic E-state index is 0.0545. The molecular formula is C13H19F2NOS. The molecule has 1 aromatic rings. The molecule has 0 aliphatic heterocycles. The van der Waals surface area contributed by atoms with Gasteiger partial charge < -0.3 is 5.32 Å². The van der Waals surface area contributed by atoms with Crippen molar-refractivity contribution in [1.29, 1.82) is 0 Å². The molecule has 2 nitrogen and oxygen atoms in total. The second-order valence-electron chi connectivity index (χ2n) is 4.32. The van der Waals surface area contributed by atoms with Crippen molar-refractivity contribution in [2.75, 3.05) is 6.54 Å². The van der Waals surface area contributed by atoms with Gasteiger partial charge in [0.25, 0.3) is 0 Å². The normalized spacial score (nSPS) is 16.3. The number of rotatable bonds is 6. The van der Waals surface area contributed by atoms with E-state index in [-0.39, 0.29) is 11.3 Å². The Morgan fingerprint density at radius 2 is 1.94 bits per heavy atom. The lowest BCUT2D eigenvalue weighted by atomic mass is 10.2. The van der Waals surface area contributed by atoms with Crippen molar-refractivity contribution in [2.45, 2.75) is 43.4 Å². The maximum absolute atomic E-state index is 13.1. The largest absolute Gasteiger partial charge is 0.313 e. The molecule has 0 spiro atoms. The molecule has 0 radical (unpaired) electrons. The highest BCUT2D eigenvalue weighted by molar-refractivity contribution is 7.85. The van der Waals surface area contributed by atoms with Crippen LogP contribution in [0.5, 0.6) is 0 Å². The van der Waals surface area contributed by atoms with Crippen LogP contribution in [0.4, 0.5) is 8.78 Å². The zero-order valence-corrected chi connectivity index (χ0v) is 11.7. The van der Waals surface area contributed by atoms with E-state index in [9.17, 15) is 13.0 Å². The third-order valence-electron chi connectivity index (χ3n) is 2.88. The molecule has 0 aliphatic carbocycles. The Bertz CT molecular complexity index is 425. The molecule has 0 saturated heterocycles. The van der Waals surface area contributed by atoms with Crippen molar-refractivity contribution in [3.63, 3.8) is 0 Å². The lowest BCUT2D eigenvalue weighted by molar-refractivity contribution is 0.504. The van der Waals surface area contributed by atoms with E-state index in [1.807, 2.05) is 13.8 Å². The van der Waals surface area contributed by atoms with Gasteiger partial charge in [0.05, 0.1) is 16.0 Å². The van der Waals surface area contributed by atoms with Crippen molar-refractivity contribution < 1.29 is 13.0 Å². The fourth-order valence-corrected chi connectivity index (χ4v) is 2.86. The van der Waals surface area contributed by atoms with E-state index in [4.69, 9.17) is 0 Å². The Morgan fingerprint density at radius 3 is 2.50 bits per heavy atom. The van der Waals surface area contributed by atoms with Crippen LogP contribution in [-0.2, 0) is 10.8 Å². The summed E-state index contributed by atoms with van der Waals surface area (Å²) in [6, 6.07) is 3.45. The quantitative estimate of drug-likeness (QED) is 0.865. The maximum Gasteiger partial charge on any atom is 0.160 e. The Hall–Kier alpha value is -0.810. The summed E-state index contributed by atoms with van der Waals surface area (Å²) in [5, 5.41) is 3.08. The smallest absolute Gasteiger partial charge is 0.160 e. The highest BCUT2D eigenvalue weighted by Crippen LogP contribution is 2.17. The van der Waals surface area contributed by atoms with Crippen LogP contribution in [0.25, 0.3) is 0 Å². The van der Waals surface area contributed by atoms with Crippen LogP contribution in [0.3, 0.4) is 0 Å². The van der Waals surface area contributed by atoms with Gasteiger partial charge in [-0.1, -0.05) is 6.92 Å². The van der Waals surface area contributed by atoms with E-state index in [0.717, 1.165) is 25.1 Å². The summed E-state index contributed by atoms with van der Waals surface area (Å²) >= 11 is 0. The maximum atomic E-state index is 13.1. The summed E-state index contributed by atoms with van der Waals surface area (Å²) in [5.41, 5.74) is 0. The Kier molecular flexibility index (Phi) is 5.88. The van der Waals surface area contributed by atoms with Crippen molar-refractivity contribution >= 4 is 10.8 Å². The molecule has 0 fully saturated rings. The lowest BCUT2D eigenvalue weighted by Gasteiger charge is -2.20.